The smallest absolute Gasteiger partial charge is 0.338 e. The molecule has 0 radical (unpaired) electrons. The second kappa shape index (κ2) is 9.67. The van der Waals surface area contributed by atoms with Crippen LogP contribution in [0.25, 0.3) is 0 Å². The Labute approximate surface area is 132 Å². The highest BCUT2D eigenvalue weighted by Crippen LogP contribution is 2.27. The first kappa shape index (κ1) is 17.8. The van der Waals surface area contributed by atoms with Crippen LogP contribution >= 0.6 is 11.6 Å². The van der Waals surface area contributed by atoms with Gasteiger partial charge in [0, 0.05) is 0 Å². The average molecular weight is 313 g/mol. The molecule has 3 nitrogen and oxygen atoms in total. The van der Waals surface area contributed by atoms with Gasteiger partial charge in [-0.1, -0.05) is 37.8 Å². The molecular weight excluding hydrogens is 288 g/mol. The van der Waals surface area contributed by atoms with Crippen molar-refractivity contribution in [1.82, 2.24) is 0 Å². The topological polar surface area (TPSA) is 35.5 Å². The van der Waals surface area contributed by atoms with Crippen molar-refractivity contribution in [3.05, 3.63) is 28.8 Å². The van der Waals surface area contributed by atoms with E-state index < -0.39 is 0 Å². The lowest BCUT2D eigenvalue weighted by molar-refractivity contribution is 0.0526. The Morgan fingerprint density at radius 1 is 1.24 bits per heavy atom. The van der Waals surface area contributed by atoms with Crippen molar-refractivity contribution >= 4 is 17.6 Å². The van der Waals surface area contributed by atoms with E-state index in [1.807, 2.05) is 6.92 Å². The van der Waals surface area contributed by atoms with Gasteiger partial charge in [0.1, 0.15) is 5.75 Å². The van der Waals surface area contributed by atoms with E-state index in [0.717, 1.165) is 12.8 Å². The minimum absolute atomic E-state index is 0.118. The first-order valence-electron chi connectivity index (χ1n) is 7.71. The minimum Gasteiger partial charge on any atom is -0.489 e. The summed E-state index contributed by atoms with van der Waals surface area (Å²) in [6.45, 7) is 6.37. The molecule has 21 heavy (non-hydrogen) atoms. The fraction of sp³-hybridized carbons (Fsp3) is 0.588. The number of halogens is 1. The number of hydrogen-bond donors (Lipinski definition) is 0. The van der Waals surface area contributed by atoms with Crippen LogP contribution in [0.1, 0.15) is 63.2 Å². The van der Waals surface area contributed by atoms with Gasteiger partial charge in [-0.2, -0.15) is 0 Å². The highest BCUT2D eigenvalue weighted by Gasteiger charge is 2.12. The Bertz CT molecular complexity index is 446. The van der Waals surface area contributed by atoms with Crippen molar-refractivity contribution in [1.29, 1.82) is 0 Å². The predicted molar refractivity (Wildman–Crippen MR) is 86.3 cm³/mol. The summed E-state index contributed by atoms with van der Waals surface area (Å²) in [4.78, 5) is 11.6. The Morgan fingerprint density at radius 2 is 2.00 bits per heavy atom. The molecule has 1 aromatic carbocycles. The molecule has 0 N–H and O–H groups in total. The van der Waals surface area contributed by atoms with Crippen LogP contribution in [0, 0.1) is 0 Å². The normalized spacial score (nSPS) is 12.0. The van der Waals surface area contributed by atoms with Crippen molar-refractivity contribution in [2.45, 2.75) is 59.0 Å². The van der Waals surface area contributed by atoms with Gasteiger partial charge in [-0.05, 0) is 44.9 Å². The third-order valence-electron chi connectivity index (χ3n) is 3.24. The van der Waals surface area contributed by atoms with Gasteiger partial charge in [0.15, 0.2) is 0 Å². The molecular formula is C17H25ClO3. The molecule has 1 atom stereocenters. The molecule has 0 fully saturated rings. The number of carbonyl (C=O) groups excluding carboxylic acids is 1. The van der Waals surface area contributed by atoms with E-state index in [1.54, 1.807) is 25.1 Å². The second-order valence-electron chi connectivity index (χ2n) is 5.14. The number of carbonyl (C=O) groups is 1. The lowest BCUT2D eigenvalue weighted by Gasteiger charge is -2.16. The van der Waals surface area contributed by atoms with Gasteiger partial charge in [0.25, 0.3) is 0 Å². The van der Waals surface area contributed by atoms with Crippen molar-refractivity contribution in [3.63, 3.8) is 0 Å². The van der Waals surface area contributed by atoms with Crippen LogP contribution in [-0.4, -0.2) is 18.7 Å². The van der Waals surface area contributed by atoms with E-state index in [4.69, 9.17) is 21.1 Å². The van der Waals surface area contributed by atoms with E-state index in [0.29, 0.717) is 22.9 Å². The lowest BCUT2D eigenvalue weighted by atomic mass is 10.1. The zero-order chi connectivity index (χ0) is 15.7. The summed E-state index contributed by atoms with van der Waals surface area (Å²) in [7, 11) is 0. The first-order valence-corrected chi connectivity index (χ1v) is 8.09. The fourth-order valence-corrected chi connectivity index (χ4v) is 2.30. The predicted octanol–water partition coefficient (Wildman–Crippen LogP) is 5.25. The summed E-state index contributed by atoms with van der Waals surface area (Å²) < 4.78 is 10.8. The molecule has 0 heterocycles. The zero-order valence-corrected chi connectivity index (χ0v) is 13.9. The highest BCUT2D eigenvalue weighted by molar-refractivity contribution is 6.32. The number of ether oxygens (including phenoxy) is 2. The number of unbranched alkanes of at least 4 members (excludes halogenated alkanes) is 3. The van der Waals surface area contributed by atoms with Crippen molar-refractivity contribution in [3.8, 4) is 5.75 Å². The van der Waals surface area contributed by atoms with Gasteiger partial charge in [-0.25, -0.2) is 4.79 Å². The van der Waals surface area contributed by atoms with Crippen molar-refractivity contribution in [2.75, 3.05) is 6.61 Å². The first-order chi connectivity index (χ1) is 10.1. The number of rotatable bonds is 9. The fourth-order valence-electron chi connectivity index (χ4n) is 2.07. The van der Waals surface area contributed by atoms with Crippen LogP contribution in [0.3, 0.4) is 0 Å². The molecule has 1 aromatic rings. The van der Waals surface area contributed by atoms with Crippen molar-refractivity contribution < 1.29 is 14.3 Å². The SMILES string of the molecule is CCCCCCC(C)Oc1ccc(C(=O)OCC)cc1Cl. The molecule has 0 spiro atoms. The van der Waals surface area contributed by atoms with Gasteiger partial charge >= 0.3 is 5.97 Å². The molecule has 0 bridgehead atoms. The molecule has 0 saturated heterocycles. The Balaban J connectivity index is 2.54. The number of esters is 1. The zero-order valence-electron chi connectivity index (χ0n) is 13.2. The highest BCUT2D eigenvalue weighted by atomic mass is 35.5. The molecule has 1 unspecified atom stereocenters. The average Bonchev–Trinajstić information content (AvgIpc) is 2.46. The standard InChI is InChI=1S/C17H25ClO3/c1-4-6-7-8-9-13(3)21-16-11-10-14(12-15(16)18)17(19)20-5-2/h10-13H,4-9H2,1-3H3. The van der Waals surface area contributed by atoms with E-state index >= 15 is 0 Å². The van der Waals surface area contributed by atoms with Gasteiger partial charge in [0.2, 0.25) is 0 Å². The van der Waals surface area contributed by atoms with Gasteiger partial charge < -0.3 is 9.47 Å². The monoisotopic (exact) mass is 312 g/mol. The van der Waals surface area contributed by atoms with Crippen LogP contribution in [0.2, 0.25) is 5.02 Å². The van der Waals surface area contributed by atoms with Gasteiger partial charge in [-0.15, -0.1) is 0 Å². The van der Waals surface area contributed by atoms with Gasteiger partial charge in [0.05, 0.1) is 23.3 Å². The molecule has 0 aliphatic heterocycles. The number of benzene rings is 1. The summed E-state index contributed by atoms with van der Waals surface area (Å²) in [5.74, 6) is 0.256. The maximum atomic E-state index is 11.6. The van der Waals surface area contributed by atoms with E-state index in [2.05, 4.69) is 6.92 Å². The third-order valence-corrected chi connectivity index (χ3v) is 3.53. The second-order valence-corrected chi connectivity index (χ2v) is 5.55. The maximum Gasteiger partial charge on any atom is 0.338 e. The lowest BCUT2D eigenvalue weighted by Crippen LogP contribution is -2.12. The molecule has 0 amide bonds. The molecule has 118 valence electrons. The molecule has 1 rings (SSSR count). The van der Waals surface area contributed by atoms with E-state index in [-0.39, 0.29) is 12.1 Å². The summed E-state index contributed by atoms with van der Waals surface area (Å²) in [5.41, 5.74) is 0.449. The summed E-state index contributed by atoms with van der Waals surface area (Å²) in [6, 6.07) is 5.01. The molecule has 4 heteroatoms. The van der Waals surface area contributed by atoms with Gasteiger partial charge in [-0.3, -0.25) is 0 Å². The van der Waals surface area contributed by atoms with Crippen LogP contribution in [0.15, 0.2) is 18.2 Å². The Morgan fingerprint density at radius 3 is 2.62 bits per heavy atom. The summed E-state index contributed by atoms with van der Waals surface area (Å²) in [6.07, 6.45) is 6.02. The van der Waals surface area contributed by atoms with Crippen LogP contribution in [-0.2, 0) is 4.74 Å². The quantitative estimate of drug-likeness (QED) is 0.461. The van der Waals surface area contributed by atoms with Crippen LogP contribution in [0.5, 0.6) is 5.75 Å². The number of hydrogen-bond acceptors (Lipinski definition) is 3. The van der Waals surface area contributed by atoms with Crippen molar-refractivity contribution in [2.24, 2.45) is 0 Å². The van der Waals surface area contributed by atoms with E-state index in [1.165, 1.54) is 19.3 Å². The Hall–Kier alpha value is -1.22. The van der Waals surface area contributed by atoms with Crippen LogP contribution < -0.4 is 4.74 Å². The van der Waals surface area contributed by atoms with E-state index in [9.17, 15) is 4.79 Å². The molecule has 0 aliphatic carbocycles. The molecule has 0 aliphatic rings. The maximum absolute atomic E-state index is 11.6. The molecule has 0 saturated carbocycles. The molecule has 0 aromatic heterocycles. The third kappa shape index (κ3) is 6.38. The summed E-state index contributed by atoms with van der Waals surface area (Å²) >= 11 is 6.17. The summed E-state index contributed by atoms with van der Waals surface area (Å²) in [5, 5.41) is 0.445. The largest absolute Gasteiger partial charge is 0.489 e. The van der Waals surface area contributed by atoms with Crippen LogP contribution in [0.4, 0.5) is 0 Å². The Kier molecular flexibility index (Phi) is 8.21. The minimum atomic E-state index is -0.362.